The number of ether oxygens (including phenoxy) is 3. The highest BCUT2D eigenvalue weighted by Gasteiger charge is 2.33. The Hall–Kier alpha value is -3.85. The summed E-state index contributed by atoms with van der Waals surface area (Å²) in [4.78, 5) is 31.7. The minimum absolute atomic E-state index is 0.0284. The van der Waals surface area contributed by atoms with Crippen molar-refractivity contribution in [3.8, 4) is 17.2 Å². The number of aromatic hydroxyl groups is 1. The predicted molar refractivity (Wildman–Crippen MR) is 137 cm³/mol. The second kappa shape index (κ2) is 10.8. The quantitative estimate of drug-likeness (QED) is 0.469. The van der Waals surface area contributed by atoms with Gasteiger partial charge in [0, 0.05) is 0 Å². The summed E-state index contributed by atoms with van der Waals surface area (Å²) in [6.07, 6.45) is 1.73. The first-order valence-electron chi connectivity index (χ1n) is 11.8. The Kier molecular flexibility index (Phi) is 7.59. The molecule has 1 atom stereocenters. The number of fused-ring (bicyclic) bond motifs is 1. The molecule has 9 heteroatoms. The topological polar surface area (TPSA) is 99.4 Å². The van der Waals surface area contributed by atoms with Crippen molar-refractivity contribution in [2.75, 3.05) is 19.8 Å². The number of carbonyl (C=O) groups is 1. The minimum atomic E-state index is -0.697. The summed E-state index contributed by atoms with van der Waals surface area (Å²) in [5.74, 6) is 0.559. The average Bonchev–Trinajstić information content (AvgIpc) is 3.15. The molecule has 0 amide bonds. The normalized spacial score (nSPS) is 15.3. The largest absolute Gasteiger partial charge is 0.504 e. The SMILES string of the molecule is CCOC(=O)C1=C(C)N=c2s/c(=C\c3ccc(O)c(OCC)c3)c(=O)n2[C@@H]1c1ccc(OCC)cc1. The summed E-state index contributed by atoms with van der Waals surface area (Å²) in [5, 5.41) is 10.0. The number of thiazole rings is 1. The molecule has 0 spiro atoms. The van der Waals surface area contributed by atoms with Gasteiger partial charge in [-0.2, -0.15) is 0 Å². The van der Waals surface area contributed by atoms with Gasteiger partial charge in [0.05, 0.1) is 41.7 Å². The van der Waals surface area contributed by atoms with Crippen LogP contribution in [0.25, 0.3) is 6.08 Å². The van der Waals surface area contributed by atoms with Crippen LogP contribution in [0.2, 0.25) is 0 Å². The van der Waals surface area contributed by atoms with E-state index in [1.807, 2.05) is 38.1 Å². The molecule has 0 aliphatic carbocycles. The molecule has 0 unspecified atom stereocenters. The minimum Gasteiger partial charge on any atom is -0.504 e. The third kappa shape index (κ3) is 4.92. The number of aromatic nitrogens is 1. The number of phenolic OH excluding ortho intramolecular Hbond substituents is 1. The molecule has 0 radical (unpaired) electrons. The van der Waals surface area contributed by atoms with Crippen molar-refractivity contribution in [2.45, 2.75) is 33.7 Å². The third-order valence-electron chi connectivity index (χ3n) is 5.61. The van der Waals surface area contributed by atoms with Gasteiger partial charge in [-0.3, -0.25) is 9.36 Å². The highest BCUT2D eigenvalue weighted by Crippen LogP contribution is 2.32. The Morgan fingerprint density at radius 2 is 1.81 bits per heavy atom. The molecular formula is C27H28N2O6S. The molecule has 188 valence electrons. The zero-order chi connectivity index (χ0) is 25.8. The molecule has 1 aromatic heterocycles. The van der Waals surface area contributed by atoms with Crippen molar-refractivity contribution >= 4 is 23.4 Å². The Morgan fingerprint density at radius 3 is 2.47 bits per heavy atom. The number of carbonyl (C=O) groups excluding carboxylic acids is 1. The monoisotopic (exact) mass is 508 g/mol. The number of allylic oxidation sites excluding steroid dienone is 1. The summed E-state index contributed by atoms with van der Waals surface area (Å²) in [5.41, 5.74) is 1.98. The van der Waals surface area contributed by atoms with Gasteiger partial charge < -0.3 is 19.3 Å². The number of rotatable bonds is 8. The molecule has 0 saturated carbocycles. The van der Waals surface area contributed by atoms with Crippen molar-refractivity contribution < 1.29 is 24.1 Å². The summed E-state index contributed by atoms with van der Waals surface area (Å²) in [6.45, 7) is 8.36. The number of hydrogen-bond acceptors (Lipinski definition) is 8. The van der Waals surface area contributed by atoms with E-state index in [-0.39, 0.29) is 17.9 Å². The van der Waals surface area contributed by atoms with E-state index in [0.717, 1.165) is 5.56 Å². The molecule has 2 heterocycles. The van der Waals surface area contributed by atoms with Gasteiger partial charge in [-0.15, -0.1) is 0 Å². The molecule has 2 aromatic carbocycles. The number of phenols is 1. The molecule has 0 saturated heterocycles. The molecule has 4 rings (SSSR count). The molecule has 1 aliphatic heterocycles. The predicted octanol–water partition coefficient (Wildman–Crippen LogP) is 3.30. The smallest absolute Gasteiger partial charge is 0.338 e. The lowest BCUT2D eigenvalue weighted by Crippen LogP contribution is -2.39. The Bertz CT molecular complexity index is 1480. The standard InChI is InChI=1S/C27H28N2O6S/c1-5-33-19-11-9-18(10-12-19)24-23(26(32)35-7-3)16(4)28-27-29(24)25(31)22(36-27)15-17-8-13-20(30)21(14-17)34-6-2/h8-15,24,30H,5-7H2,1-4H3/b22-15-/t24-/m1/s1. The van der Waals surface area contributed by atoms with E-state index in [2.05, 4.69) is 4.99 Å². The van der Waals surface area contributed by atoms with E-state index < -0.39 is 12.0 Å². The van der Waals surface area contributed by atoms with Crippen LogP contribution in [-0.4, -0.2) is 35.5 Å². The zero-order valence-corrected chi connectivity index (χ0v) is 21.4. The van der Waals surface area contributed by atoms with Crippen LogP contribution in [0.15, 0.2) is 63.5 Å². The van der Waals surface area contributed by atoms with Crippen molar-refractivity contribution in [1.29, 1.82) is 0 Å². The van der Waals surface area contributed by atoms with E-state index in [1.165, 1.54) is 22.0 Å². The highest BCUT2D eigenvalue weighted by atomic mass is 32.1. The molecule has 36 heavy (non-hydrogen) atoms. The van der Waals surface area contributed by atoms with E-state index in [9.17, 15) is 14.7 Å². The van der Waals surface area contributed by atoms with Gasteiger partial charge in [-0.1, -0.05) is 29.5 Å². The van der Waals surface area contributed by atoms with Crippen LogP contribution < -0.4 is 24.4 Å². The lowest BCUT2D eigenvalue weighted by atomic mass is 9.96. The first-order chi connectivity index (χ1) is 17.4. The van der Waals surface area contributed by atoms with Crippen LogP contribution in [-0.2, 0) is 9.53 Å². The van der Waals surface area contributed by atoms with Crippen molar-refractivity contribution in [1.82, 2.24) is 4.57 Å². The van der Waals surface area contributed by atoms with Gasteiger partial charge >= 0.3 is 5.97 Å². The van der Waals surface area contributed by atoms with E-state index >= 15 is 0 Å². The van der Waals surface area contributed by atoms with Crippen molar-refractivity contribution in [3.63, 3.8) is 0 Å². The second-order valence-electron chi connectivity index (χ2n) is 7.96. The average molecular weight is 509 g/mol. The third-order valence-corrected chi connectivity index (χ3v) is 6.59. The number of benzene rings is 2. The van der Waals surface area contributed by atoms with E-state index in [1.54, 1.807) is 32.1 Å². The highest BCUT2D eigenvalue weighted by molar-refractivity contribution is 7.07. The van der Waals surface area contributed by atoms with Crippen LogP contribution in [0.1, 0.15) is 44.9 Å². The maximum absolute atomic E-state index is 13.7. The summed E-state index contributed by atoms with van der Waals surface area (Å²) in [6, 6.07) is 11.5. The molecule has 3 aromatic rings. The van der Waals surface area contributed by atoms with E-state index in [4.69, 9.17) is 14.2 Å². The van der Waals surface area contributed by atoms with Gasteiger partial charge in [0.1, 0.15) is 5.75 Å². The maximum Gasteiger partial charge on any atom is 0.338 e. The van der Waals surface area contributed by atoms with Gasteiger partial charge in [-0.05, 0) is 69.2 Å². The van der Waals surface area contributed by atoms with Crippen LogP contribution in [0, 0.1) is 0 Å². The van der Waals surface area contributed by atoms with Crippen molar-refractivity contribution in [3.05, 3.63) is 84.5 Å². The van der Waals surface area contributed by atoms with Gasteiger partial charge in [0.15, 0.2) is 16.3 Å². The Labute approximate surface area is 212 Å². The summed E-state index contributed by atoms with van der Waals surface area (Å²) >= 11 is 1.23. The van der Waals surface area contributed by atoms with Gasteiger partial charge in [0.2, 0.25) is 0 Å². The zero-order valence-electron chi connectivity index (χ0n) is 20.6. The lowest BCUT2D eigenvalue weighted by molar-refractivity contribution is -0.139. The Balaban J connectivity index is 1.89. The molecule has 1 aliphatic rings. The molecular weight excluding hydrogens is 480 g/mol. The van der Waals surface area contributed by atoms with Crippen LogP contribution >= 0.6 is 11.3 Å². The van der Waals surface area contributed by atoms with Gasteiger partial charge in [0.25, 0.3) is 5.56 Å². The fourth-order valence-corrected chi connectivity index (χ4v) is 5.11. The number of hydrogen-bond donors (Lipinski definition) is 1. The van der Waals surface area contributed by atoms with E-state index in [0.29, 0.717) is 50.9 Å². The van der Waals surface area contributed by atoms with Gasteiger partial charge in [-0.25, -0.2) is 9.79 Å². The molecule has 0 fully saturated rings. The fraction of sp³-hybridized carbons (Fsp3) is 0.296. The Morgan fingerprint density at radius 1 is 1.08 bits per heavy atom. The molecule has 1 N–H and O–H groups in total. The second-order valence-corrected chi connectivity index (χ2v) is 8.97. The number of nitrogens with zero attached hydrogens (tertiary/aromatic N) is 2. The summed E-state index contributed by atoms with van der Waals surface area (Å²) < 4.78 is 18.3. The first-order valence-corrected chi connectivity index (χ1v) is 12.6. The lowest BCUT2D eigenvalue weighted by Gasteiger charge is -2.24. The van der Waals surface area contributed by atoms with Crippen LogP contribution in [0.5, 0.6) is 17.2 Å². The van der Waals surface area contributed by atoms with Crippen molar-refractivity contribution in [2.24, 2.45) is 4.99 Å². The first kappa shape index (κ1) is 25.2. The number of esters is 1. The fourth-order valence-electron chi connectivity index (χ4n) is 4.06. The summed E-state index contributed by atoms with van der Waals surface area (Å²) in [7, 11) is 0. The van der Waals surface area contributed by atoms with Crippen LogP contribution in [0.3, 0.4) is 0 Å². The molecule has 0 bridgehead atoms. The van der Waals surface area contributed by atoms with Crippen LogP contribution in [0.4, 0.5) is 0 Å². The maximum atomic E-state index is 13.7. The molecule has 8 nitrogen and oxygen atoms in total.